The molecule has 2 rings (SSSR count). The van der Waals surface area contributed by atoms with Crippen molar-refractivity contribution in [3.05, 3.63) is 41.6 Å². The first kappa shape index (κ1) is 16.0. The minimum absolute atomic E-state index is 0.423. The number of hydrogen-bond acceptors (Lipinski definition) is 2. The van der Waals surface area contributed by atoms with Gasteiger partial charge in [0.25, 0.3) is 0 Å². The Kier molecular flexibility index (Phi) is 5.75. The van der Waals surface area contributed by atoms with Crippen molar-refractivity contribution in [2.24, 2.45) is 5.92 Å². The van der Waals surface area contributed by atoms with Crippen LogP contribution in [0.25, 0.3) is 10.9 Å². The molecule has 0 fully saturated rings. The summed E-state index contributed by atoms with van der Waals surface area (Å²) in [5.74, 6) is 0.668. The minimum Gasteiger partial charge on any atom is -0.310 e. The summed E-state index contributed by atoms with van der Waals surface area (Å²) in [7, 11) is 0. The normalized spacial score (nSPS) is 13.0. The van der Waals surface area contributed by atoms with Gasteiger partial charge in [-0.05, 0) is 43.5 Å². The second-order valence-electron chi connectivity index (χ2n) is 5.88. The van der Waals surface area contributed by atoms with E-state index >= 15 is 0 Å². The van der Waals surface area contributed by atoms with Crippen molar-refractivity contribution < 1.29 is 0 Å². The molecule has 2 nitrogen and oxygen atoms in total. The maximum atomic E-state index is 4.68. The van der Waals surface area contributed by atoms with Crippen LogP contribution in [0.1, 0.15) is 57.3 Å². The molecule has 1 aromatic heterocycles. The molecule has 1 atom stereocenters. The van der Waals surface area contributed by atoms with Gasteiger partial charge in [-0.25, -0.2) is 0 Å². The van der Waals surface area contributed by atoms with Crippen molar-refractivity contribution in [1.29, 1.82) is 0 Å². The van der Waals surface area contributed by atoms with Crippen LogP contribution < -0.4 is 5.32 Å². The summed E-state index contributed by atoms with van der Waals surface area (Å²) in [6, 6.07) is 11.2. The van der Waals surface area contributed by atoms with Crippen LogP contribution in [0.15, 0.2) is 30.3 Å². The molecule has 1 unspecified atom stereocenters. The Morgan fingerprint density at radius 2 is 1.81 bits per heavy atom. The van der Waals surface area contributed by atoms with Crippen molar-refractivity contribution in [1.82, 2.24) is 10.3 Å². The van der Waals surface area contributed by atoms with E-state index in [9.17, 15) is 0 Å². The van der Waals surface area contributed by atoms with Crippen molar-refractivity contribution in [2.45, 2.75) is 53.0 Å². The Bertz CT molecular complexity index is 573. The van der Waals surface area contributed by atoms with Gasteiger partial charge in [-0.1, -0.05) is 51.8 Å². The molecule has 21 heavy (non-hydrogen) atoms. The number of hydrogen-bond donors (Lipinski definition) is 1. The average Bonchev–Trinajstić information content (AvgIpc) is 2.50. The molecular formula is C19H28N2. The zero-order chi connectivity index (χ0) is 15.2. The van der Waals surface area contributed by atoms with E-state index in [2.05, 4.69) is 68.3 Å². The molecule has 0 spiro atoms. The first-order valence-corrected chi connectivity index (χ1v) is 8.30. The molecule has 0 aliphatic carbocycles. The monoisotopic (exact) mass is 284 g/mol. The quantitative estimate of drug-likeness (QED) is 0.772. The van der Waals surface area contributed by atoms with Crippen molar-refractivity contribution >= 4 is 10.9 Å². The predicted molar refractivity (Wildman–Crippen MR) is 91.6 cm³/mol. The fraction of sp³-hybridized carbons (Fsp3) is 0.526. The number of benzene rings is 1. The maximum Gasteiger partial charge on any atom is 0.0708 e. The van der Waals surface area contributed by atoms with Gasteiger partial charge in [-0.3, -0.25) is 4.98 Å². The molecule has 2 aromatic rings. The summed E-state index contributed by atoms with van der Waals surface area (Å²) in [5.41, 5.74) is 3.64. The highest BCUT2D eigenvalue weighted by Gasteiger charge is 2.22. The number of para-hydroxylation sites is 1. The minimum atomic E-state index is 0.423. The van der Waals surface area contributed by atoms with E-state index in [4.69, 9.17) is 0 Å². The predicted octanol–water partition coefficient (Wildman–Crippen LogP) is 5.02. The van der Waals surface area contributed by atoms with E-state index in [0.29, 0.717) is 12.0 Å². The number of nitrogens with zero attached hydrogens (tertiary/aromatic N) is 1. The van der Waals surface area contributed by atoms with Crippen LogP contribution in [-0.2, 0) is 0 Å². The number of aromatic nitrogens is 1. The van der Waals surface area contributed by atoms with E-state index in [1.165, 1.54) is 30.2 Å². The Labute approximate surface area is 129 Å². The number of pyridine rings is 1. The maximum absolute atomic E-state index is 4.68. The summed E-state index contributed by atoms with van der Waals surface area (Å²) < 4.78 is 0. The molecule has 0 aliphatic rings. The van der Waals surface area contributed by atoms with Crippen molar-refractivity contribution in [3.63, 3.8) is 0 Å². The van der Waals surface area contributed by atoms with Crippen LogP contribution >= 0.6 is 0 Å². The fourth-order valence-electron chi connectivity index (χ4n) is 3.19. The number of nitrogens with one attached hydrogen (secondary N) is 1. The number of aryl methyl sites for hydroxylation is 1. The summed E-state index contributed by atoms with van der Waals surface area (Å²) in [4.78, 5) is 4.68. The summed E-state index contributed by atoms with van der Waals surface area (Å²) in [6.45, 7) is 9.99. The van der Waals surface area contributed by atoms with Gasteiger partial charge in [0.05, 0.1) is 5.52 Å². The lowest BCUT2D eigenvalue weighted by Crippen LogP contribution is -2.29. The van der Waals surface area contributed by atoms with E-state index in [1.54, 1.807) is 0 Å². The van der Waals surface area contributed by atoms with Crippen molar-refractivity contribution in [2.75, 3.05) is 6.54 Å². The van der Waals surface area contributed by atoms with Gasteiger partial charge < -0.3 is 5.32 Å². The second-order valence-corrected chi connectivity index (χ2v) is 5.88. The van der Waals surface area contributed by atoms with Gasteiger partial charge in [-0.2, -0.15) is 0 Å². The second kappa shape index (κ2) is 7.56. The zero-order valence-corrected chi connectivity index (χ0v) is 13.8. The standard InChI is InChI=1S/C19H28N2/c1-5-12-20-19(15(6-2)7-3)17-13-14(4)21-18-11-9-8-10-16(17)18/h8-11,13,15,19-20H,5-7,12H2,1-4H3. The molecule has 1 heterocycles. The van der Waals surface area contributed by atoms with Crippen LogP contribution in [0.2, 0.25) is 0 Å². The third-order valence-corrected chi connectivity index (χ3v) is 4.35. The lowest BCUT2D eigenvalue weighted by atomic mass is 9.87. The Hall–Kier alpha value is -1.41. The first-order chi connectivity index (χ1) is 10.2. The van der Waals surface area contributed by atoms with Crippen LogP contribution in [-0.4, -0.2) is 11.5 Å². The Morgan fingerprint density at radius 3 is 2.48 bits per heavy atom. The molecule has 0 amide bonds. The molecule has 114 valence electrons. The highest BCUT2D eigenvalue weighted by molar-refractivity contribution is 5.82. The van der Waals surface area contributed by atoms with Crippen molar-refractivity contribution in [3.8, 4) is 0 Å². The van der Waals surface area contributed by atoms with Gasteiger partial charge in [0, 0.05) is 17.1 Å². The Morgan fingerprint density at radius 1 is 1.10 bits per heavy atom. The van der Waals surface area contributed by atoms with E-state index in [1.807, 2.05) is 0 Å². The summed E-state index contributed by atoms with van der Waals surface area (Å²) in [6.07, 6.45) is 3.57. The molecule has 0 saturated carbocycles. The van der Waals surface area contributed by atoms with Gasteiger partial charge in [-0.15, -0.1) is 0 Å². The molecule has 0 aliphatic heterocycles. The van der Waals surface area contributed by atoms with Crippen LogP contribution in [0, 0.1) is 12.8 Å². The lowest BCUT2D eigenvalue weighted by molar-refractivity contribution is 0.343. The molecule has 1 N–H and O–H groups in total. The number of rotatable bonds is 7. The first-order valence-electron chi connectivity index (χ1n) is 8.30. The smallest absolute Gasteiger partial charge is 0.0708 e. The lowest BCUT2D eigenvalue weighted by Gasteiger charge is -2.28. The summed E-state index contributed by atoms with van der Waals surface area (Å²) in [5, 5.41) is 5.07. The van der Waals surface area contributed by atoms with Gasteiger partial charge in [0.2, 0.25) is 0 Å². The van der Waals surface area contributed by atoms with Crippen LogP contribution in [0.4, 0.5) is 0 Å². The zero-order valence-electron chi connectivity index (χ0n) is 13.8. The molecular weight excluding hydrogens is 256 g/mol. The largest absolute Gasteiger partial charge is 0.310 e. The van der Waals surface area contributed by atoms with E-state index in [0.717, 1.165) is 17.8 Å². The Balaban J connectivity index is 2.52. The molecule has 0 bridgehead atoms. The number of fused-ring (bicyclic) bond motifs is 1. The highest BCUT2D eigenvalue weighted by Crippen LogP contribution is 2.32. The average molecular weight is 284 g/mol. The molecule has 2 heteroatoms. The van der Waals surface area contributed by atoms with E-state index in [-0.39, 0.29) is 0 Å². The van der Waals surface area contributed by atoms with Gasteiger partial charge in [0.1, 0.15) is 0 Å². The van der Waals surface area contributed by atoms with E-state index < -0.39 is 0 Å². The highest BCUT2D eigenvalue weighted by atomic mass is 14.9. The molecule has 0 saturated heterocycles. The fourth-order valence-corrected chi connectivity index (χ4v) is 3.19. The van der Waals surface area contributed by atoms with Crippen LogP contribution in [0.3, 0.4) is 0 Å². The van der Waals surface area contributed by atoms with Gasteiger partial charge in [0.15, 0.2) is 0 Å². The SMILES string of the molecule is CCCNC(c1cc(C)nc2ccccc12)C(CC)CC. The topological polar surface area (TPSA) is 24.9 Å². The molecule has 0 radical (unpaired) electrons. The third kappa shape index (κ3) is 3.62. The third-order valence-electron chi connectivity index (χ3n) is 4.35. The van der Waals surface area contributed by atoms with Crippen LogP contribution in [0.5, 0.6) is 0 Å². The van der Waals surface area contributed by atoms with Gasteiger partial charge >= 0.3 is 0 Å². The molecule has 1 aromatic carbocycles. The summed E-state index contributed by atoms with van der Waals surface area (Å²) >= 11 is 0.